The fourth-order valence-corrected chi connectivity index (χ4v) is 3.67. The van der Waals surface area contributed by atoms with Crippen molar-refractivity contribution in [3.05, 3.63) is 46.5 Å². The molecule has 2 aliphatic carbocycles. The Kier molecular flexibility index (Phi) is 4.77. The number of fused-ring (bicyclic) bond motifs is 1. The monoisotopic (exact) mass is 360 g/mol. The van der Waals surface area contributed by atoms with Gasteiger partial charge in [-0.2, -0.15) is 5.10 Å². The molecule has 2 aliphatic rings. The third kappa shape index (κ3) is 3.49. The molecule has 1 N–H and O–H groups in total. The van der Waals surface area contributed by atoms with Gasteiger partial charge in [-0.1, -0.05) is 40.2 Å². The zero-order valence-corrected chi connectivity index (χ0v) is 14.3. The molecular weight excluding hydrogens is 340 g/mol. The zero-order chi connectivity index (χ0) is 15.5. The molecule has 0 aromatic heterocycles. The number of carbonyl (C=O) groups excluding carboxylic acids is 1. The molecule has 0 spiro atoms. The van der Waals surface area contributed by atoms with Crippen molar-refractivity contribution in [3.8, 4) is 0 Å². The lowest BCUT2D eigenvalue weighted by atomic mass is 10.1. The van der Waals surface area contributed by atoms with E-state index in [9.17, 15) is 4.79 Å². The number of amides is 1. The number of allylic oxidation sites excluding steroid dienone is 2. The summed E-state index contributed by atoms with van der Waals surface area (Å²) in [6.07, 6.45) is 8.97. The Labute approximate surface area is 140 Å². The van der Waals surface area contributed by atoms with E-state index in [-0.39, 0.29) is 11.8 Å². The average molecular weight is 361 g/mol. The predicted octanol–water partition coefficient (Wildman–Crippen LogP) is 4.28. The Morgan fingerprint density at radius 2 is 1.73 bits per heavy atom. The predicted molar refractivity (Wildman–Crippen MR) is 92.6 cm³/mol. The highest BCUT2D eigenvalue weighted by molar-refractivity contribution is 9.10. The van der Waals surface area contributed by atoms with Crippen molar-refractivity contribution in [3.63, 3.8) is 0 Å². The van der Waals surface area contributed by atoms with Crippen LogP contribution in [-0.2, 0) is 4.79 Å². The lowest BCUT2D eigenvalue weighted by molar-refractivity contribution is -0.122. The normalized spacial score (nSPS) is 29.0. The SMILES string of the molecule is C/C(=N\NC(=O)C1[C@H]2CC/C=C\CC[C@H]12)c1ccc(Br)cc1. The Hall–Kier alpha value is -1.42. The summed E-state index contributed by atoms with van der Waals surface area (Å²) in [6.45, 7) is 1.92. The number of benzene rings is 1. The van der Waals surface area contributed by atoms with Crippen LogP contribution in [0.15, 0.2) is 46.0 Å². The van der Waals surface area contributed by atoms with E-state index < -0.39 is 0 Å². The first-order valence-corrected chi connectivity index (χ1v) is 8.71. The topological polar surface area (TPSA) is 41.5 Å². The van der Waals surface area contributed by atoms with Crippen molar-refractivity contribution < 1.29 is 4.79 Å². The van der Waals surface area contributed by atoms with Crippen LogP contribution in [0.4, 0.5) is 0 Å². The minimum atomic E-state index is 0.0911. The van der Waals surface area contributed by atoms with E-state index in [0.717, 1.165) is 41.4 Å². The molecule has 0 aliphatic heterocycles. The van der Waals surface area contributed by atoms with Crippen LogP contribution in [0.3, 0.4) is 0 Å². The number of hydrazone groups is 1. The molecule has 22 heavy (non-hydrogen) atoms. The largest absolute Gasteiger partial charge is 0.273 e. The molecule has 1 aromatic rings. The first-order valence-electron chi connectivity index (χ1n) is 7.92. The van der Waals surface area contributed by atoms with E-state index in [1.807, 2.05) is 31.2 Å². The summed E-state index contributed by atoms with van der Waals surface area (Å²) in [5.41, 5.74) is 4.63. The van der Waals surface area contributed by atoms with Crippen molar-refractivity contribution >= 4 is 27.5 Å². The molecule has 1 aromatic carbocycles. The second-order valence-corrected chi connectivity index (χ2v) is 7.08. The number of nitrogens with zero attached hydrogens (tertiary/aromatic N) is 1. The van der Waals surface area contributed by atoms with E-state index in [1.165, 1.54) is 0 Å². The first-order chi connectivity index (χ1) is 10.7. The number of rotatable bonds is 3. The van der Waals surface area contributed by atoms with Gasteiger partial charge in [0.25, 0.3) is 0 Å². The molecule has 1 fully saturated rings. The van der Waals surface area contributed by atoms with Crippen molar-refractivity contribution in [1.82, 2.24) is 5.43 Å². The maximum absolute atomic E-state index is 12.3. The molecule has 3 nitrogen and oxygen atoms in total. The third-order valence-corrected chi connectivity index (χ3v) is 5.26. The number of hydrogen-bond acceptors (Lipinski definition) is 2. The van der Waals surface area contributed by atoms with Crippen molar-refractivity contribution in [2.75, 3.05) is 0 Å². The van der Waals surface area contributed by atoms with Crippen molar-refractivity contribution in [1.29, 1.82) is 0 Å². The minimum absolute atomic E-state index is 0.0911. The summed E-state index contributed by atoms with van der Waals surface area (Å²) in [7, 11) is 0. The Balaban J connectivity index is 1.58. The number of carbonyl (C=O) groups is 1. The molecule has 4 heteroatoms. The summed E-state index contributed by atoms with van der Waals surface area (Å²) in [4.78, 5) is 12.3. The van der Waals surface area contributed by atoms with Crippen LogP contribution in [0.1, 0.15) is 38.2 Å². The maximum Gasteiger partial charge on any atom is 0.243 e. The van der Waals surface area contributed by atoms with Gasteiger partial charge in [-0.3, -0.25) is 4.79 Å². The fraction of sp³-hybridized carbons (Fsp3) is 0.444. The molecule has 0 radical (unpaired) electrons. The summed E-state index contributed by atoms with van der Waals surface area (Å²) < 4.78 is 1.04. The Morgan fingerprint density at radius 1 is 1.14 bits per heavy atom. The molecular formula is C18H21BrN2O. The summed E-state index contributed by atoms with van der Waals surface area (Å²) >= 11 is 3.42. The van der Waals surface area contributed by atoms with Gasteiger partial charge < -0.3 is 0 Å². The van der Waals surface area contributed by atoms with E-state index in [0.29, 0.717) is 11.8 Å². The van der Waals surface area contributed by atoms with E-state index >= 15 is 0 Å². The van der Waals surface area contributed by atoms with Gasteiger partial charge in [0.05, 0.1) is 5.71 Å². The van der Waals surface area contributed by atoms with Gasteiger partial charge in [0.2, 0.25) is 5.91 Å². The highest BCUT2D eigenvalue weighted by Gasteiger charge is 2.53. The van der Waals surface area contributed by atoms with Crippen LogP contribution in [0.25, 0.3) is 0 Å². The summed E-state index contributed by atoms with van der Waals surface area (Å²) in [5.74, 6) is 1.39. The Morgan fingerprint density at radius 3 is 2.32 bits per heavy atom. The van der Waals surface area contributed by atoms with Gasteiger partial charge in [-0.05, 0) is 62.1 Å². The smallest absolute Gasteiger partial charge is 0.243 e. The molecule has 3 rings (SSSR count). The molecule has 2 atom stereocenters. The van der Waals surface area contributed by atoms with E-state index in [4.69, 9.17) is 0 Å². The summed E-state index contributed by atoms with van der Waals surface area (Å²) in [6, 6.07) is 7.94. The fourth-order valence-electron chi connectivity index (χ4n) is 3.40. The van der Waals surface area contributed by atoms with E-state index in [1.54, 1.807) is 0 Å². The molecule has 0 bridgehead atoms. The lowest BCUT2D eigenvalue weighted by Crippen LogP contribution is -2.22. The number of nitrogens with one attached hydrogen (secondary N) is 1. The highest BCUT2D eigenvalue weighted by Crippen LogP contribution is 2.52. The van der Waals surface area contributed by atoms with Gasteiger partial charge in [0, 0.05) is 10.4 Å². The van der Waals surface area contributed by atoms with Crippen LogP contribution >= 0.6 is 15.9 Å². The van der Waals surface area contributed by atoms with Crippen molar-refractivity contribution in [2.45, 2.75) is 32.6 Å². The van der Waals surface area contributed by atoms with Crippen LogP contribution in [0.2, 0.25) is 0 Å². The molecule has 116 valence electrons. The van der Waals surface area contributed by atoms with Crippen LogP contribution in [-0.4, -0.2) is 11.6 Å². The van der Waals surface area contributed by atoms with Gasteiger partial charge in [-0.25, -0.2) is 5.43 Å². The Bertz CT molecular complexity index is 590. The maximum atomic E-state index is 12.3. The molecule has 1 amide bonds. The number of hydrogen-bond donors (Lipinski definition) is 1. The van der Waals surface area contributed by atoms with Gasteiger partial charge in [0.15, 0.2) is 0 Å². The van der Waals surface area contributed by atoms with Crippen LogP contribution < -0.4 is 5.43 Å². The van der Waals surface area contributed by atoms with Gasteiger partial charge in [0.1, 0.15) is 0 Å². The standard InChI is InChI=1S/C18H21BrN2O/c1-12(13-8-10-14(19)11-9-13)20-21-18(22)17-15-6-4-2-3-5-7-16(15)17/h2-3,8-11,15-17H,4-7H2,1H3,(H,21,22)/b3-2-,20-12+/t15-,16-/m0/s1. The average Bonchev–Trinajstić information content (AvgIpc) is 3.16. The minimum Gasteiger partial charge on any atom is -0.273 e. The molecule has 0 unspecified atom stereocenters. The third-order valence-electron chi connectivity index (χ3n) is 4.73. The van der Waals surface area contributed by atoms with E-state index in [2.05, 4.69) is 38.6 Å². The lowest BCUT2D eigenvalue weighted by Gasteiger charge is -2.03. The van der Waals surface area contributed by atoms with Gasteiger partial charge in [-0.15, -0.1) is 0 Å². The van der Waals surface area contributed by atoms with Crippen molar-refractivity contribution in [2.24, 2.45) is 22.9 Å². The second-order valence-electron chi connectivity index (χ2n) is 6.16. The summed E-state index contributed by atoms with van der Waals surface area (Å²) in [5, 5.41) is 4.28. The molecule has 0 saturated heterocycles. The van der Waals surface area contributed by atoms with Crippen LogP contribution in [0, 0.1) is 17.8 Å². The van der Waals surface area contributed by atoms with Gasteiger partial charge >= 0.3 is 0 Å². The number of halogens is 1. The molecule has 0 heterocycles. The van der Waals surface area contributed by atoms with Crippen LogP contribution in [0.5, 0.6) is 0 Å². The second kappa shape index (κ2) is 6.78. The first kappa shape index (κ1) is 15.5. The molecule has 1 saturated carbocycles. The highest BCUT2D eigenvalue weighted by atomic mass is 79.9. The quantitative estimate of drug-likeness (QED) is 0.487. The zero-order valence-electron chi connectivity index (χ0n) is 12.8.